The summed E-state index contributed by atoms with van der Waals surface area (Å²) in [5, 5.41) is 3.43. The summed E-state index contributed by atoms with van der Waals surface area (Å²) in [6, 6.07) is 17.5. The van der Waals surface area contributed by atoms with Gasteiger partial charge < -0.3 is 15.1 Å². The third kappa shape index (κ3) is 3.27. The first-order valence-corrected chi connectivity index (χ1v) is 9.13. The highest BCUT2D eigenvalue weighted by Gasteiger charge is 2.32. The van der Waals surface area contributed by atoms with Crippen LogP contribution in [0.2, 0.25) is 0 Å². The van der Waals surface area contributed by atoms with Crippen LogP contribution in [0.1, 0.15) is 17.5 Å². The van der Waals surface area contributed by atoms with Crippen molar-refractivity contribution in [1.29, 1.82) is 0 Å². The van der Waals surface area contributed by atoms with E-state index in [9.17, 15) is 4.79 Å². The number of anilines is 2. The number of piperazine rings is 1. The van der Waals surface area contributed by atoms with E-state index in [1.54, 1.807) is 0 Å². The monoisotopic (exact) mass is 335 g/mol. The number of hydrogen-bond acceptors (Lipinski definition) is 3. The molecule has 0 spiro atoms. The van der Waals surface area contributed by atoms with Gasteiger partial charge in [0.25, 0.3) is 0 Å². The highest BCUT2D eigenvalue weighted by molar-refractivity contribution is 5.98. The van der Waals surface area contributed by atoms with Crippen LogP contribution < -0.4 is 15.1 Å². The fourth-order valence-corrected chi connectivity index (χ4v) is 3.90. The molecule has 130 valence electrons. The first kappa shape index (κ1) is 16.2. The molecule has 1 N–H and O–H groups in total. The van der Waals surface area contributed by atoms with Gasteiger partial charge in [-0.05, 0) is 36.1 Å². The molecule has 2 heterocycles. The van der Waals surface area contributed by atoms with E-state index < -0.39 is 0 Å². The van der Waals surface area contributed by atoms with Gasteiger partial charge in [0.15, 0.2) is 0 Å². The van der Waals surface area contributed by atoms with Crippen molar-refractivity contribution in [3.05, 3.63) is 59.7 Å². The van der Waals surface area contributed by atoms with Gasteiger partial charge in [0.1, 0.15) is 0 Å². The average Bonchev–Trinajstić information content (AvgIpc) is 2.76. The van der Waals surface area contributed by atoms with Gasteiger partial charge in [-0.2, -0.15) is 0 Å². The Kier molecular flexibility index (Phi) is 4.45. The molecule has 1 unspecified atom stereocenters. The molecule has 0 radical (unpaired) electrons. The van der Waals surface area contributed by atoms with Crippen LogP contribution in [0.25, 0.3) is 0 Å². The molecular weight excluding hydrogens is 310 g/mol. The van der Waals surface area contributed by atoms with E-state index in [0.717, 1.165) is 38.2 Å². The maximum Gasteiger partial charge on any atom is 0.228 e. The SMILES string of the molecule is CN1C(=O)CC2CNCCN2c2cc(CCc3ccccc3)ccc21. The number of nitrogens with zero attached hydrogens (tertiary/aromatic N) is 2. The number of fused-ring (bicyclic) bond motifs is 3. The topological polar surface area (TPSA) is 35.6 Å². The normalized spacial score (nSPS) is 20.0. The van der Waals surface area contributed by atoms with Gasteiger partial charge in [-0.3, -0.25) is 4.79 Å². The first-order valence-electron chi connectivity index (χ1n) is 9.13. The summed E-state index contributed by atoms with van der Waals surface area (Å²) in [6.07, 6.45) is 2.64. The quantitative estimate of drug-likeness (QED) is 0.937. The van der Waals surface area contributed by atoms with Crippen LogP contribution in [0.4, 0.5) is 11.4 Å². The van der Waals surface area contributed by atoms with Gasteiger partial charge in [0, 0.05) is 33.1 Å². The molecule has 25 heavy (non-hydrogen) atoms. The number of carbonyl (C=O) groups is 1. The lowest BCUT2D eigenvalue weighted by Crippen LogP contribution is -2.51. The summed E-state index contributed by atoms with van der Waals surface area (Å²) in [6.45, 7) is 2.82. The maximum absolute atomic E-state index is 12.5. The maximum atomic E-state index is 12.5. The second-order valence-corrected chi connectivity index (χ2v) is 7.02. The van der Waals surface area contributed by atoms with Crippen LogP contribution in [0.15, 0.2) is 48.5 Å². The summed E-state index contributed by atoms with van der Waals surface area (Å²) in [4.78, 5) is 16.8. The second-order valence-electron chi connectivity index (χ2n) is 7.02. The Morgan fingerprint density at radius 3 is 2.68 bits per heavy atom. The zero-order valence-electron chi connectivity index (χ0n) is 14.7. The predicted molar refractivity (Wildman–Crippen MR) is 102 cm³/mol. The lowest BCUT2D eigenvalue weighted by atomic mass is 10.0. The smallest absolute Gasteiger partial charge is 0.228 e. The van der Waals surface area contributed by atoms with Crippen LogP contribution in [-0.2, 0) is 17.6 Å². The number of benzene rings is 2. The van der Waals surface area contributed by atoms with E-state index in [1.165, 1.54) is 16.8 Å². The molecule has 0 saturated carbocycles. The summed E-state index contributed by atoms with van der Waals surface area (Å²) in [5.41, 5.74) is 4.95. The summed E-state index contributed by atoms with van der Waals surface area (Å²) in [5.74, 6) is 0.203. The lowest BCUT2D eigenvalue weighted by molar-refractivity contribution is -0.118. The number of hydrogen-bond donors (Lipinski definition) is 1. The molecule has 1 atom stereocenters. The minimum atomic E-state index is 0.203. The van der Waals surface area contributed by atoms with E-state index in [0.29, 0.717) is 6.42 Å². The minimum absolute atomic E-state index is 0.203. The summed E-state index contributed by atoms with van der Waals surface area (Å²) in [7, 11) is 1.90. The molecule has 1 fully saturated rings. The number of rotatable bonds is 3. The molecule has 0 aliphatic carbocycles. The van der Waals surface area contributed by atoms with Crippen molar-refractivity contribution < 1.29 is 4.79 Å². The first-order chi connectivity index (χ1) is 12.2. The molecule has 0 bridgehead atoms. The van der Waals surface area contributed by atoms with E-state index in [1.807, 2.05) is 11.9 Å². The molecule has 4 nitrogen and oxygen atoms in total. The Bertz CT molecular complexity index is 759. The number of nitrogens with one attached hydrogen (secondary N) is 1. The molecule has 2 aliphatic heterocycles. The Hall–Kier alpha value is -2.33. The van der Waals surface area contributed by atoms with E-state index >= 15 is 0 Å². The van der Waals surface area contributed by atoms with Crippen LogP contribution in [0.5, 0.6) is 0 Å². The van der Waals surface area contributed by atoms with Crippen LogP contribution >= 0.6 is 0 Å². The van der Waals surface area contributed by atoms with Gasteiger partial charge in [0.05, 0.1) is 17.4 Å². The standard InChI is InChI=1S/C21H25N3O/c1-23-19-10-9-17(8-7-16-5-3-2-4-6-16)13-20(19)24-12-11-22-15-18(24)14-21(23)25/h2-6,9-10,13,18,22H,7-8,11-12,14-15H2,1H3. The molecule has 4 heteroatoms. The largest absolute Gasteiger partial charge is 0.364 e. The van der Waals surface area contributed by atoms with Gasteiger partial charge in [-0.25, -0.2) is 0 Å². The van der Waals surface area contributed by atoms with Crippen molar-refractivity contribution >= 4 is 17.3 Å². The highest BCUT2D eigenvalue weighted by Crippen LogP contribution is 2.36. The third-order valence-corrected chi connectivity index (χ3v) is 5.39. The molecule has 1 amide bonds. The minimum Gasteiger partial charge on any atom is -0.364 e. The fraction of sp³-hybridized carbons (Fsp3) is 0.381. The number of carbonyl (C=O) groups excluding carboxylic acids is 1. The van der Waals surface area contributed by atoms with Gasteiger partial charge in [-0.1, -0.05) is 36.4 Å². The van der Waals surface area contributed by atoms with Crippen molar-refractivity contribution in [3.8, 4) is 0 Å². The molecule has 4 rings (SSSR count). The van der Waals surface area contributed by atoms with Crippen LogP contribution in [-0.4, -0.2) is 38.6 Å². The molecule has 1 saturated heterocycles. The number of aryl methyl sites for hydroxylation is 2. The zero-order valence-corrected chi connectivity index (χ0v) is 14.7. The van der Waals surface area contributed by atoms with Crippen LogP contribution in [0, 0.1) is 0 Å². The highest BCUT2D eigenvalue weighted by atomic mass is 16.2. The van der Waals surface area contributed by atoms with Gasteiger partial charge in [0.2, 0.25) is 5.91 Å². The fourth-order valence-electron chi connectivity index (χ4n) is 3.90. The number of amides is 1. The second kappa shape index (κ2) is 6.89. The molecule has 2 aromatic rings. The van der Waals surface area contributed by atoms with Crippen molar-refractivity contribution in [2.45, 2.75) is 25.3 Å². The van der Waals surface area contributed by atoms with Gasteiger partial charge in [-0.15, -0.1) is 0 Å². The average molecular weight is 335 g/mol. The van der Waals surface area contributed by atoms with Crippen molar-refractivity contribution in [1.82, 2.24) is 5.32 Å². The molecule has 2 aliphatic rings. The molecule has 0 aromatic heterocycles. The van der Waals surface area contributed by atoms with Crippen molar-refractivity contribution in [2.24, 2.45) is 0 Å². The lowest BCUT2D eigenvalue weighted by Gasteiger charge is -2.37. The molecule has 2 aromatic carbocycles. The Morgan fingerprint density at radius 1 is 1.04 bits per heavy atom. The van der Waals surface area contributed by atoms with Gasteiger partial charge >= 0.3 is 0 Å². The predicted octanol–water partition coefficient (Wildman–Crippen LogP) is 2.62. The van der Waals surface area contributed by atoms with E-state index in [2.05, 4.69) is 58.7 Å². The van der Waals surface area contributed by atoms with E-state index in [4.69, 9.17) is 0 Å². The summed E-state index contributed by atoms with van der Waals surface area (Å²) >= 11 is 0. The van der Waals surface area contributed by atoms with Crippen LogP contribution in [0.3, 0.4) is 0 Å². The zero-order chi connectivity index (χ0) is 17.2. The summed E-state index contributed by atoms with van der Waals surface area (Å²) < 4.78 is 0. The van der Waals surface area contributed by atoms with E-state index in [-0.39, 0.29) is 11.9 Å². The third-order valence-electron chi connectivity index (χ3n) is 5.39. The Morgan fingerprint density at radius 2 is 1.84 bits per heavy atom. The molecular formula is C21H25N3O. The van der Waals surface area contributed by atoms with Crippen molar-refractivity contribution in [3.63, 3.8) is 0 Å². The Balaban J connectivity index is 1.62. The van der Waals surface area contributed by atoms with Crippen molar-refractivity contribution in [2.75, 3.05) is 36.5 Å². The Labute approximate surface area is 149 Å².